The first-order chi connectivity index (χ1) is 10.5. The Kier molecular flexibility index (Phi) is 5.52. The Morgan fingerprint density at radius 2 is 1.95 bits per heavy atom. The molecule has 1 aliphatic carbocycles. The highest BCUT2D eigenvalue weighted by Crippen LogP contribution is 2.25. The molecule has 1 aromatic rings. The van der Waals surface area contributed by atoms with Crippen molar-refractivity contribution in [1.29, 1.82) is 0 Å². The summed E-state index contributed by atoms with van der Waals surface area (Å²) in [5.41, 5.74) is -0.214. The van der Waals surface area contributed by atoms with Crippen LogP contribution in [0.25, 0.3) is 6.08 Å². The number of carbonyl (C=O) groups is 1. The maximum absolute atomic E-state index is 13.7. The van der Waals surface area contributed by atoms with Crippen LogP contribution >= 0.6 is 0 Å². The lowest BCUT2D eigenvalue weighted by molar-refractivity contribution is -0.157. The van der Waals surface area contributed by atoms with Crippen LogP contribution in [0.5, 0.6) is 5.75 Å². The van der Waals surface area contributed by atoms with Crippen molar-refractivity contribution in [2.45, 2.75) is 51.2 Å². The van der Waals surface area contributed by atoms with Gasteiger partial charge in [0.15, 0.2) is 6.10 Å². The normalized spacial score (nSPS) is 16.3. The quantitative estimate of drug-likeness (QED) is 0.737. The number of carbonyl (C=O) groups excluding carboxylic acids is 1. The average molecular weight is 310 g/mol. The Balaban J connectivity index is 2.06. The van der Waals surface area contributed by atoms with Gasteiger partial charge >= 0.3 is 5.97 Å². The van der Waals surface area contributed by atoms with Gasteiger partial charge in [0.25, 0.3) is 0 Å². The largest absolute Gasteiger partial charge is 0.479 e. The third-order valence-electron chi connectivity index (χ3n) is 3.75. The maximum atomic E-state index is 13.7. The van der Waals surface area contributed by atoms with Crippen molar-refractivity contribution < 1.29 is 23.0 Å². The number of esters is 1. The minimum absolute atomic E-state index is 0.0316. The Bertz CT molecular complexity index is 528. The van der Waals surface area contributed by atoms with E-state index in [1.807, 2.05) is 0 Å². The van der Waals surface area contributed by atoms with E-state index < -0.39 is 23.7 Å². The molecule has 3 nitrogen and oxygen atoms in total. The second-order valence-electron chi connectivity index (χ2n) is 5.36. The minimum atomic E-state index is -0.867. The Hall–Kier alpha value is -1.91. The summed E-state index contributed by atoms with van der Waals surface area (Å²) in [6.45, 7) is 5.11. The van der Waals surface area contributed by atoms with Crippen LogP contribution in [0.4, 0.5) is 8.78 Å². The fourth-order valence-electron chi connectivity index (χ4n) is 2.53. The molecule has 0 heterocycles. The summed E-state index contributed by atoms with van der Waals surface area (Å²) in [5.74, 6) is -2.06. The molecule has 0 saturated heterocycles. The molecule has 0 radical (unpaired) electrons. The Labute approximate surface area is 128 Å². The molecule has 1 saturated carbocycles. The molecule has 0 amide bonds. The van der Waals surface area contributed by atoms with Crippen molar-refractivity contribution in [2.24, 2.45) is 0 Å². The number of benzene rings is 1. The Morgan fingerprint density at radius 3 is 2.45 bits per heavy atom. The first-order valence-electron chi connectivity index (χ1n) is 7.53. The van der Waals surface area contributed by atoms with Gasteiger partial charge in [0.2, 0.25) is 0 Å². The zero-order valence-corrected chi connectivity index (χ0v) is 12.6. The number of halogens is 2. The molecule has 1 unspecified atom stereocenters. The molecule has 22 heavy (non-hydrogen) atoms. The highest BCUT2D eigenvalue weighted by atomic mass is 19.1. The maximum Gasteiger partial charge on any atom is 0.347 e. The van der Waals surface area contributed by atoms with Crippen molar-refractivity contribution in [3.63, 3.8) is 0 Å². The van der Waals surface area contributed by atoms with Crippen LogP contribution in [0.3, 0.4) is 0 Å². The van der Waals surface area contributed by atoms with E-state index in [2.05, 4.69) is 6.58 Å². The molecule has 1 atom stereocenters. The number of hydrogen-bond acceptors (Lipinski definition) is 3. The van der Waals surface area contributed by atoms with Gasteiger partial charge in [-0.25, -0.2) is 13.6 Å². The van der Waals surface area contributed by atoms with Gasteiger partial charge in [0, 0.05) is 17.7 Å². The zero-order chi connectivity index (χ0) is 16.1. The summed E-state index contributed by atoms with van der Waals surface area (Å²) in [5, 5.41) is 0. The fourth-order valence-corrected chi connectivity index (χ4v) is 2.53. The molecule has 0 bridgehead atoms. The van der Waals surface area contributed by atoms with E-state index in [1.165, 1.54) is 0 Å². The minimum Gasteiger partial charge on any atom is -0.479 e. The van der Waals surface area contributed by atoms with Gasteiger partial charge in [0.05, 0.1) is 0 Å². The van der Waals surface area contributed by atoms with Gasteiger partial charge < -0.3 is 9.47 Å². The zero-order valence-electron chi connectivity index (χ0n) is 12.6. The number of ether oxygens (including phenoxy) is 2. The lowest BCUT2D eigenvalue weighted by Gasteiger charge is -2.19. The molecule has 1 aliphatic rings. The second-order valence-corrected chi connectivity index (χ2v) is 5.36. The highest BCUT2D eigenvalue weighted by Gasteiger charge is 2.26. The van der Waals surface area contributed by atoms with E-state index in [9.17, 15) is 13.6 Å². The molecule has 1 aromatic carbocycles. The summed E-state index contributed by atoms with van der Waals surface area (Å²) in [6, 6.07) is 2.09. The van der Waals surface area contributed by atoms with Crippen molar-refractivity contribution in [3.8, 4) is 5.75 Å². The summed E-state index contributed by atoms with van der Waals surface area (Å²) in [4.78, 5) is 12.1. The van der Waals surface area contributed by atoms with Crippen molar-refractivity contribution in [2.75, 3.05) is 0 Å². The molecular formula is C17H20F2O3. The summed E-state index contributed by atoms with van der Waals surface area (Å²) in [6.07, 6.45) is 4.34. The first kappa shape index (κ1) is 16.5. The topological polar surface area (TPSA) is 35.5 Å². The lowest BCUT2D eigenvalue weighted by atomic mass is 10.2. The first-order valence-corrected chi connectivity index (χ1v) is 7.53. The second kappa shape index (κ2) is 7.38. The van der Waals surface area contributed by atoms with E-state index in [0.29, 0.717) is 6.42 Å². The van der Waals surface area contributed by atoms with Gasteiger partial charge in [-0.15, -0.1) is 0 Å². The van der Waals surface area contributed by atoms with E-state index in [-0.39, 0.29) is 17.4 Å². The third-order valence-corrected chi connectivity index (χ3v) is 3.75. The monoisotopic (exact) mass is 310 g/mol. The van der Waals surface area contributed by atoms with Crippen molar-refractivity contribution in [3.05, 3.63) is 35.9 Å². The lowest BCUT2D eigenvalue weighted by Crippen LogP contribution is -2.31. The van der Waals surface area contributed by atoms with Gasteiger partial charge in [-0.2, -0.15) is 0 Å². The molecule has 0 aromatic heterocycles. The van der Waals surface area contributed by atoms with Gasteiger partial charge in [-0.3, -0.25) is 0 Å². The molecule has 0 spiro atoms. The summed E-state index contributed by atoms with van der Waals surface area (Å²) in [7, 11) is 0. The average Bonchev–Trinajstić information content (AvgIpc) is 2.97. The number of rotatable bonds is 6. The van der Waals surface area contributed by atoms with Crippen LogP contribution in [0, 0.1) is 11.6 Å². The van der Waals surface area contributed by atoms with Crippen LogP contribution in [0.1, 0.15) is 44.6 Å². The predicted molar refractivity (Wildman–Crippen MR) is 79.5 cm³/mol. The smallest absolute Gasteiger partial charge is 0.347 e. The molecule has 0 N–H and O–H groups in total. The van der Waals surface area contributed by atoms with Crippen LogP contribution in [0.15, 0.2) is 18.7 Å². The van der Waals surface area contributed by atoms with Gasteiger partial charge in [0.1, 0.15) is 23.5 Å². The predicted octanol–water partition coefficient (Wildman–Crippen LogP) is 4.25. The van der Waals surface area contributed by atoms with E-state index in [0.717, 1.165) is 43.9 Å². The van der Waals surface area contributed by atoms with E-state index in [1.54, 1.807) is 6.92 Å². The molecule has 120 valence electrons. The number of hydrogen-bond donors (Lipinski definition) is 0. The van der Waals surface area contributed by atoms with Crippen molar-refractivity contribution in [1.82, 2.24) is 0 Å². The third kappa shape index (κ3) is 3.84. The molecular weight excluding hydrogens is 290 g/mol. The molecule has 5 heteroatoms. The highest BCUT2D eigenvalue weighted by molar-refractivity contribution is 5.75. The summed E-state index contributed by atoms with van der Waals surface area (Å²) >= 11 is 0. The van der Waals surface area contributed by atoms with Crippen LogP contribution in [-0.4, -0.2) is 18.2 Å². The molecule has 2 rings (SSSR count). The van der Waals surface area contributed by atoms with Crippen LogP contribution in [0.2, 0.25) is 0 Å². The van der Waals surface area contributed by atoms with Crippen LogP contribution in [-0.2, 0) is 9.53 Å². The standard InChI is InChI=1S/C17H20F2O3/c1-3-13-14(18)9-12(10-15(13)19)21-16(4-2)17(20)22-11-7-5-6-8-11/h3,9-11,16H,1,4-8H2,2H3. The Morgan fingerprint density at radius 1 is 1.36 bits per heavy atom. The SMILES string of the molecule is C=Cc1c(F)cc(OC(CC)C(=O)OC2CCCC2)cc1F. The summed E-state index contributed by atoms with van der Waals surface area (Å²) < 4.78 is 38.2. The van der Waals surface area contributed by atoms with E-state index in [4.69, 9.17) is 9.47 Å². The van der Waals surface area contributed by atoms with E-state index >= 15 is 0 Å². The van der Waals surface area contributed by atoms with Gasteiger partial charge in [-0.1, -0.05) is 19.6 Å². The van der Waals surface area contributed by atoms with Gasteiger partial charge in [-0.05, 0) is 32.1 Å². The molecule has 1 fully saturated rings. The molecule has 0 aliphatic heterocycles. The van der Waals surface area contributed by atoms with Crippen molar-refractivity contribution >= 4 is 12.0 Å². The fraction of sp³-hybridized carbons (Fsp3) is 0.471. The van der Waals surface area contributed by atoms with Crippen LogP contribution < -0.4 is 4.74 Å².